The van der Waals surface area contributed by atoms with E-state index in [1.165, 1.54) is 19.0 Å². The van der Waals surface area contributed by atoms with Crippen molar-refractivity contribution in [3.05, 3.63) is 29.8 Å². The van der Waals surface area contributed by atoms with Crippen LogP contribution in [0.3, 0.4) is 0 Å². The summed E-state index contributed by atoms with van der Waals surface area (Å²) in [6.45, 7) is 2.95. The lowest BCUT2D eigenvalue weighted by molar-refractivity contribution is 0.194. The predicted molar refractivity (Wildman–Crippen MR) is 61.6 cm³/mol. The van der Waals surface area contributed by atoms with Crippen molar-refractivity contribution in [1.82, 2.24) is 15.2 Å². The highest BCUT2D eigenvalue weighted by Crippen LogP contribution is 2.13. The standard InChI is InChI=1S/C12H18FN3/c1-14-12-2-4-16(5-3-12)9-10-6-11(13)8-15-7-10/h6-8,12,14H,2-5,9H2,1H3. The van der Waals surface area contributed by atoms with Crippen LogP contribution in [0.25, 0.3) is 0 Å². The van der Waals surface area contributed by atoms with Crippen molar-refractivity contribution < 1.29 is 4.39 Å². The molecule has 1 aliphatic rings. The zero-order valence-corrected chi connectivity index (χ0v) is 9.62. The van der Waals surface area contributed by atoms with Crippen LogP contribution in [0.15, 0.2) is 18.5 Å². The molecule has 1 saturated heterocycles. The summed E-state index contributed by atoms with van der Waals surface area (Å²) < 4.78 is 12.9. The first-order valence-electron chi connectivity index (χ1n) is 5.77. The van der Waals surface area contributed by atoms with Crippen LogP contribution in [0.2, 0.25) is 0 Å². The van der Waals surface area contributed by atoms with Gasteiger partial charge in [0, 0.05) is 18.8 Å². The summed E-state index contributed by atoms with van der Waals surface area (Å²) in [5, 5.41) is 3.30. The van der Waals surface area contributed by atoms with E-state index in [4.69, 9.17) is 0 Å². The lowest BCUT2D eigenvalue weighted by Gasteiger charge is -2.31. The number of aromatic nitrogens is 1. The van der Waals surface area contributed by atoms with Gasteiger partial charge in [-0.15, -0.1) is 0 Å². The molecule has 0 unspecified atom stereocenters. The Morgan fingerprint density at radius 1 is 1.44 bits per heavy atom. The Labute approximate surface area is 95.7 Å². The minimum atomic E-state index is -0.248. The van der Waals surface area contributed by atoms with E-state index >= 15 is 0 Å². The van der Waals surface area contributed by atoms with E-state index in [1.54, 1.807) is 12.3 Å². The Hall–Kier alpha value is -1.00. The number of halogens is 1. The summed E-state index contributed by atoms with van der Waals surface area (Å²) in [4.78, 5) is 6.22. The predicted octanol–water partition coefficient (Wildman–Crippen LogP) is 1.40. The third kappa shape index (κ3) is 3.00. The molecule has 0 aromatic carbocycles. The summed E-state index contributed by atoms with van der Waals surface area (Å²) in [6, 6.07) is 2.21. The van der Waals surface area contributed by atoms with Gasteiger partial charge in [-0.1, -0.05) is 0 Å². The summed E-state index contributed by atoms with van der Waals surface area (Å²) in [5.74, 6) is -0.248. The Morgan fingerprint density at radius 3 is 2.81 bits per heavy atom. The normalized spacial score (nSPS) is 18.9. The lowest BCUT2D eigenvalue weighted by atomic mass is 10.0. The number of piperidine rings is 1. The minimum Gasteiger partial charge on any atom is -0.317 e. The molecule has 1 aromatic rings. The molecule has 2 heterocycles. The van der Waals surface area contributed by atoms with Crippen LogP contribution < -0.4 is 5.32 Å². The van der Waals surface area contributed by atoms with Gasteiger partial charge in [0.1, 0.15) is 5.82 Å². The van der Waals surface area contributed by atoms with Crippen LogP contribution in [-0.2, 0) is 6.54 Å². The van der Waals surface area contributed by atoms with Gasteiger partial charge in [-0.25, -0.2) is 4.39 Å². The molecule has 1 aliphatic heterocycles. The molecular weight excluding hydrogens is 205 g/mol. The SMILES string of the molecule is CNC1CCN(Cc2cncc(F)c2)CC1. The van der Waals surface area contributed by atoms with Gasteiger partial charge in [0.2, 0.25) is 0 Å². The molecule has 3 nitrogen and oxygen atoms in total. The van der Waals surface area contributed by atoms with E-state index in [0.29, 0.717) is 6.04 Å². The third-order valence-electron chi connectivity index (χ3n) is 3.16. The molecule has 1 aromatic heterocycles. The summed E-state index contributed by atoms with van der Waals surface area (Å²) in [5.41, 5.74) is 0.961. The van der Waals surface area contributed by atoms with Crippen LogP contribution >= 0.6 is 0 Å². The molecule has 1 N–H and O–H groups in total. The highest BCUT2D eigenvalue weighted by atomic mass is 19.1. The minimum absolute atomic E-state index is 0.248. The van der Waals surface area contributed by atoms with E-state index in [-0.39, 0.29) is 5.82 Å². The lowest BCUT2D eigenvalue weighted by Crippen LogP contribution is -2.40. The monoisotopic (exact) mass is 223 g/mol. The molecule has 0 bridgehead atoms. The largest absolute Gasteiger partial charge is 0.317 e. The fourth-order valence-electron chi connectivity index (χ4n) is 2.18. The molecule has 88 valence electrons. The quantitative estimate of drug-likeness (QED) is 0.839. The van der Waals surface area contributed by atoms with Crippen LogP contribution in [0.4, 0.5) is 4.39 Å². The first-order valence-corrected chi connectivity index (χ1v) is 5.77. The Bertz CT molecular complexity index is 335. The molecule has 2 rings (SSSR count). The van der Waals surface area contributed by atoms with Gasteiger partial charge in [0.25, 0.3) is 0 Å². The van der Waals surface area contributed by atoms with Crippen molar-refractivity contribution in [3.63, 3.8) is 0 Å². The second-order valence-corrected chi connectivity index (χ2v) is 4.35. The Balaban J connectivity index is 1.87. The first kappa shape index (κ1) is 11.5. The van der Waals surface area contributed by atoms with Gasteiger partial charge in [0.15, 0.2) is 0 Å². The van der Waals surface area contributed by atoms with Gasteiger partial charge < -0.3 is 5.32 Å². The van der Waals surface area contributed by atoms with Crippen LogP contribution in [-0.4, -0.2) is 36.1 Å². The second kappa shape index (κ2) is 5.37. The second-order valence-electron chi connectivity index (χ2n) is 4.35. The Morgan fingerprint density at radius 2 is 2.19 bits per heavy atom. The van der Waals surface area contributed by atoms with Crippen molar-refractivity contribution in [2.45, 2.75) is 25.4 Å². The van der Waals surface area contributed by atoms with Crippen LogP contribution in [0, 0.1) is 5.82 Å². The molecule has 4 heteroatoms. The number of nitrogens with zero attached hydrogens (tertiary/aromatic N) is 2. The third-order valence-corrected chi connectivity index (χ3v) is 3.16. The maximum absolute atomic E-state index is 12.9. The van der Waals surface area contributed by atoms with Crippen LogP contribution in [0.5, 0.6) is 0 Å². The van der Waals surface area contributed by atoms with Crippen molar-refractivity contribution in [3.8, 4) is 0 Å². The average molecular weight is 223 g/mol. The first-order chi connectivity index (χ1) is 7.78. The Kier molecular flexibility index (Phi) is 3.85. The maximum Gasteiger partial charge on any atom is 0.141 e. The zero-order chi connectivity index (χ0) is 11.4. The molecule has 0 aliphatic carbocycles. The van der Waals surface area contributed by atoms with E-state index in [1.807, 2.05) is 7.05 Å². The zero-order valence-electron chi connectivity index (χ0n) is 9.62. The molecule has 1 fully saturated rings. The van der Waals surface area contributed by atoms with Crippen molar-refractivity contribution in [2.75, 3.05) is 20.1 Å². The highest BCUT2D eigenvalue weighted by molar-refractivity contribution is 5.10. The number of rotatable bonds is 3. The van der Waals surface area contributed by atoms with Crippen LogP contribution in [0.1, 0.15) is 18.4 Å². The van der Waals surface area contributed by atoms with Crippen molar-refractivity contribution in [1.29, 1.82) is 0 Å². The summed E-state index contributed by atoms with van der Waals surface area (Å²) in [6.07, 6.45) is 5.32. The van der Waals surface area contributed by atoms with E-state index in [9.17, 15) is 4.39 Å². The number of pyridine rings is 1. The fourth-order valence-corrected chi connectivity index (χ4v) is 2.18. The van der Waals surface area contributed by atoms with E-state index in [2.05, 4.69) is 15.2 Å². The molecule has 0 spiro atoms. The molecule has 0 amide bonds. The van der Waals surface area contributed by atoms with Gasteiger partial charge >= 0.3 is 0 Å². The molecular formula is C12H18FN3. The highest BCUT2D eigenvalue weighted by Gasteiger charge is 2.17. The van der Waals surface area contributed by atoms with Gasteiger partial charge in [-0.3, -0.25) is 9.88 Å². The topological polar surface area (TPSA) is 28.2 Å². The summed E-state index contributed by atoms with van der Waals surface area (Å²) >= 11 is 0. The molecule has 0 radical (unpaired) electrons. The smallest absolute Gasteiger partial charge is 0.141 e. The molecule has 0 saturated carbocycles. The average Bonchev–Trinajstić information content (AvgIpc) is 2.30. The van der Waals surface area contributed by atoms with Gasteiger partial charge in [0.05, 0.1) is 6.20 Å². The summed E-state index contributed by atoms with van der Waals surface area (Å²) in [7, 11) is 2.01. The van der Waals surface area contributed by atoms with Gasteiger partial charge in [-0.05, 0) is 44.6 Å². The number of nitrogens with one attached hydrogen (secondary N) is 1. The van der Waals surface area contributed by atoms with Crippen molar-refractivity contribution >= 4 is 0 Å². The number of hydrogen-bond donors (Lipinski definition) is 1. The van der Waals surface area contributed by atoms with E-state index < -0.39 is 0 Å². The molecule has 0 atom stereocenters. The number of hydrogen-bond acceptors (Lipinski definition) is 3. The molecule has 16 heavy (non-hydrogen) atoms. The van der Waals surface area contributed by atoms with E-state index in [0.717, 1.165) is 25.2 Å². The van der Waals surface area contributed by atoms with Crippen molar-refractivity contribution in [2.24, 2.45) is 0 Å². The number of likely N-dealkylation sites (tertiary alicyclic amines) is 1. The maximum atomic E-state index is 12.9. The fraction of sp³-hybridized carbons (Fsp3) is 0.583. The van der Waals surface area contributed by atoms with Gasteiger partial charge in [-0.2, -0.15) is 0 Å².